The Morgan fingerprint density at radius 2 is 1.88 bits per heavy atom. The van der Waals surface area contributed by atoms with Crippen LogP contribution in [-0.4, -0.2) is 19.9 Å². The summed E-state index contributed by atoms with van der Waals surface area (Å²) in [5.41, 5.74) is 0.767. The average molecular weight is 491 g/mol. The number of thioether (sulfide) groups is 1. The van der Waals surface area contributed by atoms with Crippen molar-refractivity contribution in [2.45, 2.75) is 23.4 Å². The average Bonchev–Trinajstić information content (AvgIpc) is 3.42. The van der Waals surface area contributed by atoms with E-state index in [4.69, 9.17) is 0 Å². The fourth-order valence-electron chi connectivity index (χ4n) is 3.26. The van der Waals surface area contributed by atoms with Gasteiger partial charge in [-0.25, -0.2) is 15.0 Å². The summed E-state index contributed by atoms with van der Waals surface area (Å²) >= 11 is 4.00. The van der Waals surface area contributed by atoms with Crippen LogP contribution in [-0.2, 0) is 6.18 Å². The molecule has 0 bridgehead atoms. The third-order valence-electron chi connectivity index (χ3n) is 4.74. The minimum Gasteiger partial charge on any atom is -0.309 e. The Balaban J connectivity index is 1.55. The maximum Gasteiger partial charge on any atom is 0.451 e. The predicted octanol–water partition coefficient (Wildman–Crippen LogP) is 6.53. The van der Waals surface area contributed by atoms with Crippen molar-refractivity contribution in [2.75, 3.05) is 0 Å². The molecule has 32 heavy (non-hydrogen) atoms. The molecule has 0 saturated heterocycles. The number of nitrogens with one attached hydrogen (secondary N) is 1. The Hall–Kier alpha value is -2.76. The summed E-state index contributed by atoms with van der Waals surface area (Å²) in [6, 6.07) is 10.4. The molecule has 0 fully saturated rings. The molecular weight excluding hydrogens is 477 g/mol. The first-order chi connectivity index (χ1) is 15.3. The second-order valence-electron chi connectivity index (χ2n) is 6.89. The maximum absolute atomic E-state index is 13.3. The lowest BCUT2D eigenvalue weighted by atomic mass is 10.2. The van der Waals surface area contributed by atoms with E-state index in [9.17, 15) is 18.0 Å². The summed E-state index contributed by atoms with van der Waals surface area (Å²) in [6.45, 7) is 1.77. The molecule has 1 atom stereocenters. The van der Waals surface area contributed by atoms with Crippen LogP contribution < -0.4 is 5.56 Å². The number of hydrogen-bond acceptors (Lipinski definition) is 7. The number of benzene rings is 1. The van der Waals surface area contributed by atoms with Gasteiger partial charge in [0.05, 0.1) is 16.2 Å². The van der Waals surface area contributed by atoms with E-state index >= 15 is 0 Å². The summed E-state index contributed by atoms with van der Waals surface area (Å²) in [5, 5.41) is 4.60. The van der Waals surface area contributed by atoms with Gasteiger partial charge in [-0.15, -0.1) is 22.7 Å². The molecule has 1 aromatic carbocycles. The maximum atomic E-state index is 13.3. The van der Waals surface area contributed by atoms with E-state index in [1.54, 1.807) is 25.1 Å². The van der Waals surface area contributed by atoms with Crippen LogP contribution in [0.4, 0.5) is 13.2 Å². The van der Waals surface area contributed by atoms with E-state index in [-0.39, 0.29) is 16.1 Å². The summed E-state index contributed by atoms with van der Waals surface area (Å²) in [5.74, 6) is -0.815. The van der Waals surface area contributed by atoms with Crippen molar-refractivity contribution in [2.24, 2.45) is 0 Å². The number of para-hydroxylation sites is 1. The first-order valence-corrected chi connectivity index (χ1v) is 12.0. The zero-order chi connectivity index (χ0) is 22.5. The van der Waals surface area contributed by atoms with E-state index in [0.717, 1.165) is 22.2 Å². The van der Waals surface area contributed by atoms with Gasteiger partial charge < -0.3 is 4.98 Å². The number of nitrogens with zero attached hydrogens (tertiary/aromatic N) is 3. The molecule has 4 aromatic heterocycles. The number of hydrogen-bond donors (Lipinski definition) is 1. The molecule has 0 spiro atoms. The van der Waals surface area contributed by atoms with Gasteiger partial charge in [-0.2, -0.15) is 13.2 Å². The van der Waals surface area contributed by atoms with Gasteiger partial charge in [-0.1, -0.05) is 36.0 Å². The minimum absolute atomic E-state index is 0.184. The van der Waals surface area contributed by atoms with Crippen LogP contribution in [0, 0.1) is 0 Å². The van der Waals surface area contributed by atoms with Crippen LogP contribution in [0.25, 0.3) is 31.6 Å². The van der Waals surface area contributed by atoms with Gasteiger partial charge in [0.15, 0.2) is 0 Å². The fraction of sp³-hybridized carbons (Fsp3) is 0.143. The van der Waals surface area contributed by atoms with Crippen molar-refractivity contribution in [1.82, 2.24) is 19.9 Å². The van der Waals surface area contributed by atoms with Crippen molar-refractivity contribution >= 4 is 55.6 Å². The van der Waals surface area contributed by atoms with Crippen LogP contribution in [0.1, 0.15) is 23.8 Å². The predicted molar refractivity (Wildman–Crippen MR) is 122 cm³/mol. The van der Waals surface area contributed by atoms with E-state index < -0.39 is 17.3 Å². The molecular formula is C21H13F3N4OS3. The minimum atomic E-state index is -4.66. The monoisotopic (exact) mass is 490 g/mol. The summed E-state index contributed by atoms with van der Waals surface area (Å²) in [6.07, 6.45) is -4.66. The Labute approximate surface area is 191 Å². The molecule has 0 radical (unpaired) electrons. The normalized spacial score (nSPS) is 13.1. The topological polar surface area (TPSA) is 71.5 Å². The molecule has 0 aliphatic heterocycles. The number of aromatic nitrogens is 4. The summed E-state index contributed by atoms with van der Waals surface area (Å²) in [4.78, 5) is 29.3. The van der Waals surface area contributed by atoms with Crippen LogP contribution >= 0.6 is 34.4 Å². The lowest BCUT2D eigenvalue weighted by Crippen LogP contribution is -2.13. The molecule has 4 heterocycles. The first-order valence-electron chi connectivity index (χ1n) is 9.37. The lowest BCUT2D eigenvalue weighted by molar-refractivity contribution is -0.145. The highest BCUT2D eigenvalue weighted by atomic mass is 32.2. The number of aromatic amines is 1. The van der Waals surface area contributed by atoms with Crippen LogP contribution in [0.5, 0.6) is 0 Å². The van der Waals surface area contributed by atoms with Gasteiger partial charge >= 0.3 is 6.18 Å². The molecule has 11 heteroatoms. The zero-order valence-corrected chi connectivity index (χ0v) is 18.8. The van der Waals surface area contributed by atoms with E-state index in [2.05, 4.69) is 19.9 Å². The van der Waals surface area contributed by atoms with Crippen LogP contribution in [0.3, 0.4) is 0 Å². The van der Waals surface area contributed by atoms with Crippen LogP contribution in [0.15, 0.2) is 57.0 Å². The van der Waals surface area contributed by atoms with Crippen molar-refractivity contribution < 1.29 is 13.2 Å². The number of fused-ring (bicyclic) bond motifs is 2. The summed E-state index contributed by atoms with van der Waals surface area (Å²) < 4.78 is 39.9. The highest BCUT2D eigenvalue weighted by Crippen LogP contribution is 2.39. The third kappa shape index (κ3) is 3.80. The van der Waals surface area contributed by atoms with Crippen molar-refractivity contribution in [3.63, 3.8) is 0 Å². The highest BCUT2D eigenvalue weighted by Gasteiger charge is 2.35. The Kier molecular flexibility index (Phi) is 5.26. The molecule has 1 unspecified atom stereocenters. The molecule has 0 aliphatic carbocycles. The molecule has 1 N–H and O–H groups in total. The van der Waals surface area contributed by atoms with Gasteiger partial charge in [0.1, 0.15) is 15.7 Å². The second kappa shape index (κ2) is 7.98. The number of alkyl halides is 3. The largest absolute Gasteiger partial charge is 0.451 e. The van der Waals surface area contributed by atoms with Crippen LogP contribution in [0.2, 0.25) is 0 Å². The zero-order valence-electron chi connectivity index (χ0n) is 16.3. The first kappa shape index (κ1) is 21.1. The Morgan fingerprint density at radius 1 is 1.06 bits per heavy atom. The smallest absolute Gasteiger partial charge is 0.309 e. The number of thiophene rings is 2. The third-order valence-corrected chi connectivity index (χ3v) is 7.63. The van der Waals surface area contributed by atoms with Crippen molar-refractivity contribution in [1.29, 1.82) is 0 Å². The number of rotatable bonds is 4. The quantitative estimate of drug-likeness (QED) is 0.229. The van der Waals surface area contributed by atoms with Gasteiger partial charge in [-0.05, 0) is 24.4 Å². The standard InChI is InChI=1S/C21H13F3N4OS3/c1-10(32-18-11-5-2-3-6-13(11)25-20(28-18)21(22,23)24)16-26-17(29)15-12(9-31-19(15)27-16)14-7-4-8-30-14/h2-10H,1H3,(H,26,27,29). The Bertz CT molecular complexity index is 1490. The second-order valence-corrected chi connectivity index (χ2v) is 10.0. The highest BCUT2D eigenvalue weighted by molar-refractivity contribution is 7.99. The van der Waals surface area contributed by atoms with Gasteiger partial charge in [0.2, 0.25) is 5.82 Å². The molecule has 0 aliphatic rings. The lowest BCUT2D eigenvalue weighted by Gasteiger charge is -2.14. The van der Waals surface area contributed by atoms with E-state index in [0.29, 0.717) is 21.4 Å². The van der Waals surface area contributed by atoms with E-state index in [1.165, 1.54) is 28.7 Å². The fourth-order valence-corrected chi connectivity index (χ4v) is 6.02. The Morgan fingerprint density at radius 3 is 2.62 bits per heavy atom. The van der Waals surface area contributed by atoms with Crippen molar-refractivity contribution in [3.05, 3.63) is 69.2 Å². The molecule has 0 saturated carbocycles. The SMILES string of the molecule is CC(Sc1nc(C(F)(F)F)nc2ccccc12)c1nc2scc(-c3cccs3)c2c(=O)[nH]1. The van der Waals surface area contributed by atoms with Crippen molar-refractivity contribution in [3.8, 4) is 10.4 Å². The van der Waals surface area contributed by atoms with Gasteiger partial charge in [-0.3, -0.25) is 4.79 Å². The molecule has 0 amide bonds. The number of H-pyrrole nitrogens is 1. The van der Waals surface area contributed by atoms with E-state index in [1.807, 2.05) is 22.9 Å². The number of halogens is 3. The molecule has 162 valence electrons. The van der Waals surface area contributed by atoms with Gasteiger partial charge in [0.25, 0.3) is 5.56 Å². The molecule has 5 nitrogen and oxygen atoms in total. The molecule has 5 aromatic rings. The summed E-state index contributed by atoms with van der Waals surface area (Å²) in [7, 11) is 0. The molecule has 5 rings (SSSR count). The van der Waals surface area contributed by atoms with Gasteiger partial charge in [0, 0.05) is 21.2 Å².